The fraction of sp³-hybridized carbons (Fsp3) is 1.00. The van der Waals surface area contributed by atoms with Crippen molar-refractivity contribution in [1.29, 1.82) is 0 Å². The van der Waals surface area contributed by atoms with Gasteiger partial charge in [-0.15, -0.1) is 0 Å². The van der Waals surface area contributed by atoms with Crippen molar-refractivity contribution in [3.63, 3.8) is 0 Å². The number of hydrogen-bond acceptors (Lipinski definition) is 3. The van der Waals surface area contributed by atoms with Gasteiger partial charge in [-0.1, -0.05) is 6.92 Å². The molecule has 0 amide bonds. The van der Waals surface area contributed by atoms with Gasteiger partial charge in [-0.25, -0.2) is 0 Å². The van der Waals surface area contributed by atoms with Gasteiger partial charge in [0.05, 0.1) is 6.61 Å². The molecule has 0 heterocycles. The maximum absolute atomic E-state index is 8.50. The van der Waals surface area contributed by atoms with Crippen LogP contribution in [0, 0.1) is 0 Å². The molecule has 1 atom stereocenters. The highest BCUT2D eigenvalue weighted by molar-refractivity contribution is 7.99. The average molecular weight is 135 g/mol. The summed E-state index contributed by atoms with van der Waals surface area (Å²) in [6.45, 7) is 2.94. The normalized spacial score (nSPS) is 13.9. The second-order valence-electron chi connectivity index (χ2n) is 1.65. The molecule has 0 bridgehead atoms. The van der Waals surface area contributed by atoms with E-state index in [1.54, 1.807) is 11.8 Å². The third kappa shape index (κ3) is 4.43. The second kappa shape index (κ2) is 5.41. The van der Waals surface area contributed by atoms with Crippen LogP contribution in [-0.2, 0) is 0 Å². The zero-order chi connectivity index (χ0) is 6.41. The number of thioether (sulfide) groups is 1. The van der Waals surface area contributed by atoms with E-state index in [0.29, 0.717) is 11.8 Å². The van der Waals surface area contributed by atoms with Crippen LogP contribution in [0.3, 0.4) is 0 Å². The Hall–Kier alpha value is 0.270. The van der Waals surface area contributed by atoms with Crippen molar-refractivity contribution >= 4 is 11.8 Å². The molecule has 0 saturated carbocycles. The number of rotatable bonds is 4. The van der Waals surface area contributed by atoms with E-state index in [2.05, 4.69) is 0 Å². The summed E-state index contributed by atoms with van der Waals surface area (Å²) < 4.78 is 0. The summed E-state index contributed by atoms with van der Waals surface area (Å²) in [5.41, 5.74) is 5.23. The van der Waals surface area contributed by atoms with Crippen LogP contribution in [-0.4, -0.2) is 29.3 Å². The fourth-order valence-corrected chi connectivity index (χ4v) is 0.966. The van der Waals surface area contributed by atoms with E-state index in [4.69, 9.17) is 10.8 Å². The van der Waals surface area contributed by atoms with E-state index in [1.165, 1.54) is 0 Å². The summed E-state index contributed by atoms with van der Waals surface area (Å²) in [5, 5.41) is 8.85. The van der Waals surface area contributed by atoms with Gasteiger partial charge in [-0.05, 0) is 0 Å². The topological polar surface area (TPSA) is 46.2 Å². The molecule has 0 saturated heterocycles. The summed E-state index contributed by atoms with van der Waals surface area (Å²) in [5.74, 6) is 0.946. The van der Waals surface area contributed by atoms with E-state index < -0.39 is 0 Å². The Kier molecular flexibility index (Phi) is 5.59. The Balaban J connectivity index is 2.86. The Bertz CT molecular complexity index is 51.7. The van der Waals surface area contributed by atoms with Crippen LogP contribution in [0.5, 0.6) is 0 Å². The molecule has 3 N–H and O–H groups in total. The third-order valence-electron chi connectivity index (χ3n) is 0.777. The van der Waals surface area contributed by atoms with Crippen LogP contribution < -0.4 is 5.73 Å². The summed E-state index contributed by atoms with van der Waals surface area (Å²) in [6, 6.07) is 0. The lowest BCUT2D eigenvalue weighted by atomic mass is 10.5. The van der Waals surface area contributed by atoms with Gasteiger partial charge in [0.25, 0.3) is 0 Å². The van der Waals surface area contributed by atoms with Crippen molar-refractivity contribution in [2.75, 3.05) is 18.9 Å². The largest absolute Gasteiger partial charge is 0.395 e. The van der Waals surface area contributed by atoms with Crippen molar-refractivity contribution in [2.24, 2.45) is 5.73 Å². The Morgan fingerprint density at radius 2 is 2.38 bits per heavy atom. The predicted octanol–water partition coefficient (Wildman–Crippen LogP) is 0.0591. The molecule has 50 valence electrons. The highest BCUT2D eigenvalue weighted by Crippen LogP contribution is 2.06. The van der Waals surface area contributed by atoms with E-state index in [1.807, 2.05) is 6.92 Å². The van der Waals surface area contributed by atoms with Crippen molar-refractivity contribution < 1.29 is 5.11 Å². The SMILES string of the molecule is CC(CO)SCCN. The average Bonchev–Trinajstić information content (AvgIpc) is 1.83. The van der Waals surface area contributed by atoms with Crippen molar-refractivity contribution in [3.05, 3.63) is 0 Å². The quantitative estimate of drug-likeness (QED) is 0.573. The number of aliphatic hydroxyl groups excluding tert-OH is 1. The highest BCUT2D eigenvalue weighted by atomic mass is 32.2. The van der Waals surface area contributed by atoms with Crippen LogP contribution >= 0.6 is 11.8 Å². The summed E-state index contributed by atoms with van der Waals surface area (Å²) >= 11 is 1.70. The molecule has 2 nitrogen and oxygen atoms in total. The molecule has 0 aliphatic heterocycles. The van der Waals surface area contributed by atoms with Gasteiger partial charge in [0.15, 0.2) is 0 Å². The standard InChI is InChI=1S/C5H13NOS/c1-5(4-7)8-3-2-6/h5,7H,2-4,6H2,1H3. The van der Waals surface area contributed by atoms with Crippen molar-refractivity contribution in [1.82, 2.24) is 0 Å². The maximum Gasteiger partial charge on any atom is 0.0547 e. The van der Waals surface area contributed by atoms with Crippen LogP contribution in [0.15, 0.2) is 0 Å². The lowest BCUT2D eigenvalue weighted by Gasteiger charge is -2.03. The highest BCUT2D eigenvalue weighted by Gasteiger charge is 1.96. The predicted molar refractivity (Wildman–Crippen MR) is 38.1 cm³/mol. The third-order valence-corrected chi connectivity index (χ3v) is 1.97. The minimum atomic E-state index is 0.255. The van der Waals surface area contributed by atoms with Gasteiger partial charge in [-0.2, -0.15) is 11.8 Å². The molecule has 0 rings (SSSR count). The first kappa shape index (κ1) is 8.27. The Morgan fingerprint density at radius 1 is 1.75 bits per heavy atom. The number of aliphatic hydroxyl groups is 1. The van der Waals surface area contributed by atoms with Gasteiger partial charge >= 0.3 is 0 Å². The molecule has 0 fully saturated rings. The Morgan fingerprint density at radius 3 is 2.75 bits per heavy atom. The second-order valence-corrected chi connectivity index (χ2v) is 3.20. The Labute approximate surface area is 54.5 Å². The summed E-state index contributed by atoms with van der Waals surface area (Å²) in [7, 11) is 0. The minimum Gasteiger partial charge on any atom is -0.395 e. The molecule has 0 aromatic rings. The smallest absolute Gasteiger partial charge is 0.0547 e. The van der Waals surface area contributed by atoms with Crippen molar-refractivity contribution in [3.8, 4) is 0 Å². The number of hydrogen-bond donors (Lipinski definition) is 2. The molecule has 3 heteroatoms. The number of nitrogens with two attached hydrogens (primary N) is 1. The maximum atomic E-state index is 8.50. The molecule has 8 heavy (non-hydrogen) atoms. The first-order valence-corrected chi connectivity index (χ1v) is 3.78. The van der Waals surface area contributed by atoms with E-state index in [9.17, 15) is 0 Å². The van der Waals surface area contributed by atoms with Crippen LogP contribution in [0.25, 0.3) is 0 Å². The lowest BCUT2D eigenvalue weighted by molar-refractivity contribution is 0.300. The molecule has 0 radical (unpaired) electrons. The van der Waals surface area contributed by atoms with Gasteiger partial charge in [-0.3, -0.25) is 0 Å². The molecule has 0 aromatic carbocycles. The van der Waals surface area contributed by atoms with Crippen molar-refractivity contribution in [2.45, 2.75) is 12.2 Å². The van der Waals surface area contributed by atoms with Gasteiger partial charge < -0.3 is 10.8 Å². The summed E-state index contributed by atoms with van der Waals surface area (Å²) in [4.78, 5) is 0. The van der Waals surface area contributed by atoms with Gasteiger partial charge in [0, 0.05) is 17.5 Å². The van der Waals surface area contributed by atoms with Gasteiger partial charge in [0.1, 0.15) is 0 Å². The molecule has 0 spiro atoms. The van der Waals surface area contributed by atoms with E-state index in [0.717, 1.165) is 5.75 Å². The summed E-state index contributed by atoms with van der Waals surface area (Å²) in [6.07, 6.45) is 0. The molecule has 1 unspecified atom stereocenters. The minimum absolute atomic E-state index is 0.255. The molecule has 0 aromatic heterocycles. The monoisotopic (exact) mass is 135 g/mol. The zero-order valence-electron chi connectivity index (χ0n) is 5.13. The van der Waals surface area contributed by atoms with Crippen LogP contribution in [0.1, 0.15) is 6.92 Å². The molecular formula is C5H13NOS. The van der Waals surface area contributed by atoms with Gasteiger partial charge in [0.2, 0.25) is 0 Å². The molecule has 0 aliphatic carbocycles. The van der Waals surface area contributed by atoms with Crippen LogP contribution in [0.4, 0.5) is 0 Å². The van der Waals surface area contributed by atoms with E-state index in [-0.39, 0.29) is 6.61 Å². The zero-order valence-corrected chi connectivity index (χ0v) is 5.95. The molecule has 0 aliphatic rings. The van der Waals surface area contributed by atoms with Crippen LogP contribution in [0.2, 0.25) is 0 Å². The molecular weight excluding hydrogens is 122 g/mol. The first-order valence-electron chi connectivity index (χ1n) is 2.73. The van der Waals surface area contributed by atoms with E-state index >= 15 is 0 Å². The fourth-order valence-electron chi connectivity index (χ4n) is 0.322. The lowest BCUT2D eigenvalue weighted by Crippen LogP contribution is -2.08. The first-order chi connectivity index (χ1) is 3.81.